The molecule has 0 spiro atoms. The Labute approximate surface area is 197 Å². The summed E-state index contributed by atoms with van der Waals surface area (Å²) in [5, 5.41) is 18.4. The van der Waals surface area contributed by atoms with Crippen LogP contribution in [-0.2, 0) is 10.2 Å². The first kappa shape index (κ1) is 22.3. The van der Waals surface area contributed by atoms with Crippen LogP contribution in [0.15, 0.2) is 28.8 Å². The summed E-state index contributed by atoms with van der Waals surface area (Å²) in [5.74, 6) is -0.753. The molecule has 0 radical (unpaired) electrons. The van der Waals surface area contributed by atoms with E-state index in [1.807, 2.05) is 12.1 Å². The van der Waals surface area contributed by atoms with Gasteiger partial charge in [0, 0.05) is 0 Å². The number of aliphatic carboxylic acids is 1. The number of hydrogen-bond donors (Lipinski definition) is 1. The van der Waals surface area contributed by atoms with Gasteiger partial charge in [-0.25, -0.2) is 8.78 Å². The smallest absolute Gasteiger partial charge is 0.306 e. The first-order chi connectivity index (χ1) is 15.8. The molecular formula is C22H20Cl2F2N4O3. The Morgan fingerprint density at radius 3 is 2.58 bits per heavy atom. The average Bonchev–Trinajstić information content (AvgIpc) is 3.23. The molecule has 2 aromatic heterocycles. The molecule has 2 saturated carbocycles. The van der Waals surface area contributed by atoms with Gasteiger partial charge in [0.1, 0.15) is 11.4 Å². The zero-order valence-electron chi connectivity index (χ0n) is 17.3. The Hall–Kier alpha value is -2.52. The molecule has 0 aliphatic heterocycles. The lowest BCUT2D eigenvalue weighted by molar-refractivity contribution is -0.143. The number of carbonyl (C=O) groups is 1. The van der Waals surface area contributed by atoms with E-state index < -0.39 is 23.7 Å². The highest BCUT2D eigenvalue weighted by molar-refractivity contribution is 6.42. The number of benzene rings is 1. The Balaban J connectivity index is 1.49. The minimum atomic E-state index is -2.76. The van der Waals surface area contributed by atoms with Gasteiger partial charge in [0.05, 0.1) is 27.4 Å². The molecule has 33 heavy (non-hydrogen) atoms. The van der Waals surface area contributed by atoms with Gasteiger partial charge in [0.25, 0.3) is 12.3 Å². The molecule has 0 unspecified atom stereocenters. The van der Waals surface area contributed by atoms with Crippen molar-refractivity contribution >= 4 is 29.2 Å². The normalized spacial score (nSPS) is 22.0. The molecule has 2 fully saturated rings. The molecule has 0 saturated heterocycles. The summed E-state index contributed by atoms with van der Waals surface area (Å²) >= 11 is 12.6. The fourth-order valence-corrected chi connectivity index (χ4v) is 5.14. The molecule has 1 N–H and O–H groups in total. The fourth-order valence-electron chi connectivity index (χ4n) is 4.66. The van der Waals surface area contributed by atoms with Crippen LogP contribution in [0.4, 0.5) is 8.78 Å². The Kier molecular flexibility index (Phi) is 5.64. The number of carboxylic acid groups (broad SMARTS) is 1. The van der Waals surface area contributed by atoms with Gasteiger partial charge in [-0.15, -0.1) is 0 Å². The van der Waals surface area contributed by atoms with Crippen molar-refractivity contribution in [1.29, 1.82) is 0 Å². The van der Waals surface area contributed by atoms with Crippen molar-refractivity contribution in [3.05, 3.63) is 51.4 Å². The molecule has 2 heterocycles. The van der Waals surface area contributed by atoms with Crippen LogP contribution in [0.1, 0.15) is 68.1 Å². The van der Waals surface area contributed by atoms with E-state index in [-0.39, 0.29) is 17.6 Å². The third-order valence-corrected chi connectivity index (χ3v) is 7.48. The second-order valence-electron chi connectivity index (χ2n) is 8.65. The third-order valence-electron chi connectivity index (χ3n) is 6.66. The van der Waals surface area contributed by atoms with E-state index in [0.29, 0.717) is 47.2 Å². The van der Waals surface area contributed by atoms with Crippen molar-refractivity contribution in [2.45, 2.75) is 56.4 Å². The predicted molar refractivity (Wildman–Crippen MR) is 116 cm³/mol. The summed E-state index contributed by atoms with van der Waals surface area (Å²) in [7, 11) is 0. The largest absolute Gasteiger partial charge is 0.481 e. The molecule has 0 bridgehead atoms. The van der Waals surface area contributed by atoms with Gasteiger partial charge >= 0.3 is 5.97 Å². The highest BCUT2D eigenvalue weighted by Crippen LogP contribution is 2.55. The molecule has 11 heteroatoms. The average molecular weight is 497 g/mol. The van der Waals surface area contributed by atoms with Gasteiger partial charge < -0.3 is 9.63 Å². The zero-order chi connectivity index (χ0) is 23.3. The molecule has 0 atom stereocenters. The predicted octanol–water partition coefficient (Wildman–Crippen LogP) is 6.07. The number of halogens is 4. The summed E-state index contributed by atoms with van der Waals surface area (Å²) in [6.45, 7) is 0. The summed E-state index contributed by atoms with van der Waals surface area (Å²) in [6, 6.07) is 6.42. The van der Waals surface area contributed by atoms with Crippen LogP contribution in [0, 0.1) is 5.92 Å². The van der Waals surface area contributed by atoms with Crippen molar-refractivity contribution in [3.8, 4) is 11.6 Å². The minimum absolute atomic E-state index is 0.0918. The van der Waals surface area contributed by atoms with Gasteiger partial charge in [0.2, 0.25) is 0 Å². The number of carboxylic acids is 1. The molecule has 2 aliphatic carbocycles. The second-order valence-corrected chi connectivity index (χ2v) is 9.44. The zero-order valence-corrected chi connectivity index (χ0v) is 18.9. The lowest BCUT2D eigenvalue weighted by Crippen LogP contribution is -2.24. The molecule has 174 valence electrons. The van der Waals surface area contributed by atoms with Crippen molar-refractivity contribution < 1.29 is 23.2 Å². The summed E-state index contributed by atoms with van der Waals surface area (Å²) in [4.78, 5) is 15.8. The van der Waals surface area contributed by atoms with E-state index >= 15 is 0 Å². The Morgan fingerprint density at radius 2 is 1.94 bits per heavy atom. The molecule has 5 rings (SSSR count). The number of rotatable bonds is 6. The van der Waals surface area contributed by atoms with E-state index in [2.05, 4.69) is 15.2 Å². The van der Waals surface area contributed by atoms with Crippen LogP contribution in [0.25, 0.3) is 11.6 Å². The molecule has 0 amide bonds. The van der Waals surface area contributed by atoms with Gasteiger partial charge in [0.15, 0.2) is 5.82 Å². The molecule has 1 aromatic carbocycles. The van der Waals surface area contributed by atoms with Crippen LogP contribution >= 0.6 is 23.2 Å². The van der Waals surface area contributed by atoms with Crippen LogP contribution in [-0.4, -0.2) is 31.0 Å². The summed E-state index contributed by atoms with van der Waals surface area (Å²) in [6.07, 6.45) is 0.681. The molecule has 3 aromatic rings. The SMILES string of the molecule is O=C(O)C1CCC(n2nc(C(F)F)cc2-c2nc(C3(c4cccc(Cl)c4Cl)CC3)no2)CC1. The molecule has 2 aliphatic rings. The number of nitrogens with zero attached hydrogens (tertiary/aromatic N) is 4. The Morgan fingerprint density at radius 1 is 1.21 bits per heavy atom. The number of hydrogen-bond acceptors (Lipinski definition) is 5. The topological polar surface area (TPSA) is 94.0 Å². The van der Waals surface area contributed by atoms with Gasteiger partial charge in [-0.1, -0.05) is 40.5 Å². The maximum Gasteiger partial charge on any atom is 0.306 e. The summed E-state index contributed by atoms with van der Waals surface area (Å²) < 4.78 is 33.9. The van der Waals surface area contributed by atoms with Crippen molar-refractivity contribution in [2.75, 3.05) is 0 Å². The van der Waals surface area contributed by atoms with Gasteiger partial charge in [-0.3, -0.25) is 9.48 Å². The molecular weight excluding hydrogens is 477 g/mol. The van der Waals surface area contributed by atoms with Crippen LogP contribution in [0.3, 0.4) is 0 Å². The first-order valence-corrected chi connectivity index (χ1v) is 11.4. The standard InChI is InChI=1S/C22H20Cl2F2N4O3/c23-14-3-1-2-13(17(14)24)22(8-9-22)21-27-19(33-29-21)16-10-15(18(25)26)28-30(16)12-6-4-11(5-7-12)20(31)32/h1-3,10-12,18H,4-9H2,(H,31,32). The van der Waals surface area contributed by atoms with E-state index in [1.165, 1.54) is 10.7 Å². The van der Waals surface area contributed by atoms with Gasteiger partial charge in [-0.05, 0) is 56.2 Å². The van der Waals surface area contributed by atoms with Crippen molar-refractivity contribution in [2.24, 2.45) is 5.92 Å². The lowest BCUT2D eigenvalue weighted by atomic mass is 9.86. The quantitative estimate of drug-likeness (QED) is 0.444. The van der Waals surface area contributed by atoms with E-state index in [0.717, 1.165) is 18.4 Å². The van der Waals surface area contributed by atoms with Crippen LogP contribution in [0.5, 0.6) is 0 Å². The molecule has 7 nitrogen and oxygen atoms in total. The fraction of sp³-hybridized carbons (Fsp3) is 0.455. The number of alkyl halides is 2. The number of aromatic nitrogens is 4. The minimum Gasteiger partial charge on any atom is -0.481 e. The maximum absolute atomic E-state index is 13.5. The van der Waals surface area contributed by atoms with Crippen molar-refractivity contribution in [1.82, 2.24) is 19.9 Å². The first-order valence-electron chi connectivity index (χ1n) is 10.7. The third kappa shape index (κ3) is 3.91. The summed E-state index contributed by atoms with van der Waals surface area (Å²) in [5.41, 5.74) is 0.192. The van der Waals surface area contributed by atoms with Gasteiger partial charge in [-0.2, -0.15) is 10.1 Å². The Bertz CT molecular complexity index is 1200. The van der Waals surface area contributed by atoms with Crippen LogP contribution < -0.4 is 0 Å². The highest BCUT2D eigenvalue weighted by Gasteiger charge is 2.51. The van der Waals surface area contributed by atoms with E-state index in [4.69, 9.17) is 27.7 Å². The van der Waals surface area contributed by atoms with E-state index in [9.17, 15) is 18.7 Å². The highest BCUT2D eigenvalue weighted by atomic mass is 35.5. The lowest BCUT2D eigenvalue weighted by Gasteiger charge is -2.27. The van der Waals surface area contributed by atoms with Crippen molar-refractivity contribution in [3.63, 3.8) is 0 Å². The van der Waals surface area contributed by atoms with Crippen LogP contribution in [0.2, 0.25) is 10.0 Å². The monoisotopic (exact) mass is 496 g/mol. The van der Waals surface area contributed by atoms with E-state index in [1.54, 1.807) is 6.07 Å². The second kappa shape index (κ2) is 8.36. The maximum atomic E-state index is 13.5.